The van der Waals surface area contributed by atoms with Crippen LogP contribution in [-0.2, 0) is 10.0 Å². The van der Waals surface area contributed by atoms with Crippen LogP contribution < -0.4 is 9.62 Å². The molecule has 2 aromatic heterocycles. The van der Waals surface area contributed by atoms with E-state index < -0.39 is 45.7 Å². The van der Waals surface area contributed by atoms with E-state index in [0.717, 1.165) is 7.05 Å². The van der Waals surface area contributed by atoms with Gasteiger partial charge in [-0.25, -0.2) is 26.7 Å². The van der Waals surface area contributed by atoms with E-state index in [1.165, 1.54) is 27.9 Å². The van der Waals surface area contributed by atoms with Gasteiger partial charge in [0.05, 0.1) is 22.7 Å². The van der Waals surface area contributed by atoms with Gasteiger partial charge >= 0.3 is 12.2 Å². The average Bonchev–Trinajstić information content (AvgIpc) is 3.30. The second-order valence-electron chi connectivity index (χ2n) is 9.68. The molecule has 0 atom stereocenters. The summed E-state index contributed by atoms with van der Waals surface area (Å²) < 4.78 is 94.8. The van der Waals surface area contributed by atoms with Crippen LogP contribution in [0.1, 0.15) is 24.3 Å². The summed E-state index contributed by atoms with van der Waals surface area (Å²) in [7, 11) is -3.17. The number of anilines is 1. The summed E-state index contributed by atoms with van der Waals surface area (Å²) in [6, 6.07) is 3.83. The number of piperazine rings is 1. The van der Waals surface area contributed by atoms with Crippen LogP contribution in [0.25, 0.3) is 16.0 Å². The number of urea groups is 1. The van der Waals surface area contributed by atoms with E-state index in [2.05, 4.69) is 20.0 Å². The van der Waals surface area contributed by atoms with Crippen molar-refractivity contribution in [2.45, 2.75) is 35.9 Å². The van der Waals surface area contributed by atoms with Crippen molar-refractivity contribution in [3.63, 3.8) is 0 Å². The van der Waals surface area contributed by atoms with Crippen LogP contribution in [0.5, 0.6) is 0 Å². The number of halogens is 5. The number of sulfonamides is 1. The van der Waals surface area contributed by atoms with E-state index in [4.69, 9.17) is 0 Å². The molecule has 2 aliphatic rings. The van der Waals surface area contributed by atoms with Gasteiger partial charge in [0.1, 0.15) is 12.1 Å². The minimum absolute atomic E-state index is 0.0254. The summed E-state index contributed by atoms with van der Waals surface area (Å²) in [5, 5.41) is 20.7. The van der Waals surface area contributed by atoms with Crippen molar-refractivity contribution in [1.29, 1.82) is 5.26 Å². The molecule has 2 amide bonds. The van der Waals surface area contributed by atoms with Gasteiger partial charge in [-0.05, 0) is 25.0 Å². The number of benzene rings is 1. The Morgan fingerprint density at radius 3 is 2.46 bits per heavy atom. The molecule has 0 bridgehead atoms. The molecular formula is C22H22F5N9O3S2. The zero-order chi connectivity index (χ0) is 29.7. The highest BCUT2D eigenvalue weighted by Crippen LogP contribution is 2.38. The Hall–Kier alpha value is -3.63. The summed E-state index contributed by atoms with van der Waals surface area (Å²) in [6.45, 7) is -0.991. The molecule has 1 saturated heterocycles. The van der Waals surface area contributed by atoms with Crippen LogP contribution in [0.3, 0.4) is 0 Å². The molecule has 1 aliphatic heterocycles. The van der Waals surface area contributed by atoms with Crippen molar-refractivity contribution in [2.75, 3.05) is 44.7 Å². The van der Waals surface area contributed by atoms with Crippen molar-refractivity contribution >= 4 is 44.0 Å². The van der Waals surface area contributed by atoms with Crippen LogP contribution in [0.15, 0.2) is 23.2 Å². The van der Waals surface area contributed by atoms with Gasteiger partial charge in [0.15, 0.2) is 5.01 Å². The van der Waals surface area contributed by atoms with Gasteiger partial charge in [0.2, 0.25) is 15.2 Å². The van der Waals surface area contributed by atoms with Gasteiger partial charge in [0, 0.05) is 44.3 Å². The Morgan fingerprint density at radius 2 is 1.90 bits per heavy atom. The number of nitriles is 1. The second kappa shape index (κ2) is 10.3. The first-order valence-electron chi connectivity index (χ1n) is 12.1. The summed E-state index contributed by atoms with van der Waals surface area (Å²) in [5.41, 5.74) is -0.621. The van der Waals surface area contributed by atoms with Gasteiger partial charge < -0.3 is 14.7 Å². The Labute approximate surface area is 234 Å². The number of nitrogens with one attached hydrogen (secondary N) is 1. The fraction of sp³-hybridized carbons (Fsp3) is 0.500. The number of carbonyl (C=O) groups excluding carboxylic acids is 1. The normalized spacial score (nSPS) is 17.2. The minimum Gasteiger partial charge on any atom is -0.367 e. The van der Waals surface area contributed by atoms with Crippen molar-refractivity contribution in [3.8, 4) is 11.2 Å². The highest BCUT2D eigenvalue weighted by molar-refractivity contribution is 7.89. The topological polar surface area (TPSA) is 140 Å². The number of hydrogen-bond acceptors (Lipinski definition) is 9. The molecule has 0 unspecified atom stereocenters. The van der Waals surface area contributed by atoms with Crippen LogP contribution in [0.2, 0.25) is 0 Å². The van der Waals surface area contributed by atoms with E-state index in [1.807, 2.05) is 6.07 Å². The van der Waals surface area contributed by atoms with E-state index in [-0.39, 0.29) is 41.7 Å². The lowest BCUT2D eigenvalue weighted by molar-refractivity contribution is -0.138. The maximum absolute atomic E-state index is 13.3. The average molecular weight is 620 g/mol. The van der Waals surface area contributed by atoms with Crippen LogP contribution in [0, 0.1) is 11.3 Å². The first-order valence-corrected chi connectivity index (χ1v) is 14.4. The van der Waals surface area contributed by atoms with Gasteiger partial charge in [-0.2, -0.15) is 28.3 Å². The number of nitrogens with zero attached hydrogens (tertiary/aromatic N) is 8. The number of amides is 2. The molecule has 41 heavy (non-hydrogen) atoms. The fourth-order valence-electron chi connectivity index (χ4n) is 4.45. The third kappa shape index (κ3) is 5.90. The zero-order valence-corrected chi connectivity index (χ0v) is 22.9. The third-order valence-corrected chi connectivity index (χ3v) is 9.10. The van der Waals surface area contributed by atoms with E-state index in [9.17, 15) is 40.4 Å². The van der Waals surface area contributed by atoms with E-state index in [0.29, 0.717) is 40.2 Å². The van der Waals surface area contributed by atoms with E-state index in [1.54, 1.807) is 4.90 Å². The Balaban J connectivity index is 1.49. The maximum Gasteiger partial charge on any atom is 0.406 e. The standard InChI is InChI=1S/C22H22F5N9O3S2/c1-33(12-22(25,26)27)20(37)35-6-4-34(5-7-35)15-8-13(41(38,39)32-21(11-28)2-3-21)9-16-14(15)10-29-36(16)19-31-30-18(40-19)17(23)24/h8-10,17,32H,2-7,12H2,1H3. The molecule has 1 N–H and O–H groups in total. The fourth-order valence-corrected chi connectivity index (χ4v) is 6.53. The lowest BCUT2D eigenvalue weighted by atomic mass is 10.1. The summed E-state index contributed by atoms with van der Waals surface area (Å²) in [5.74, 6) is 0. The highest BCUT2D eigenvalue weighted by Gasteiger charge is 2.47. The molecule has 1 saturated carbocycles. The molecular weight excluding hydrogens is 597 g/mol. The monoisotopic (exact) mass is 619 g/mol. The second-order valence-corrected chi connectivity index (χ2v) is 12.4. The first kappa shape index (κ1) is 28.9. The summed E-state index contributed by atoms with van der Waals surface area (Å²) in [4.78, 5) is 15.9. The molecule has 0 spiro atoms. The maximum atomic E-state index is 13.3. The van der Waals surface area contributed by atoms with Crippen molar-refractivity contribution in [3.05, 3.63) is 23.3 Å². The van der Waals surface area contributed by atoms with Gasteiger partial charge in [0.25, 0.3) is 6.43 Å². The molecule has 1 aliphatic carbocycles. The van der Waals surface area contributed by atoms with E-state index >= 15 is 0 Å². The molecule has 1 aromatic carbocycles. The van der Waals surface area contributed by atoms with Gasteiger partial charge in [-0.3, -0.25) is 0 Å². The number of fused-ring (bicyclic) bond motifs is 1. The van der Waals surface area contributed by atoms with Crippen LogP contribution in [0.4, 0.5) is 32.4 Å². The smallest absolute Gasteiger partial charge is 0.367 e. The number of alkyl halides is 5. The predicted molar refractivity (Wildman–Crippen MR) is 135 cm³/mol. The van der Waals surface area contributed by atoms with Crippen molar-refractivity contribution in [2.24, 2.45) is 0 Å². The molecule has 3 aromatic rings. The highest BCUT2D eigenvalue weighted by atomic mass is 32.2. The zero-order valence-electron chi connectivity index (χ0n) is 21.3. The summed E-state index contributed by atoms with van der Waals surface area (Å²) >= 11 is 0.580. The molecule has 0 radical (unpaired) electrons. The molecule has 12 nitrogen and oxygen atoms in total. The number of carbonyl (C=O) groups is 1. The SMILES string of the molecule is CN(CC(F)(F)F)C(=O)N1CCN(c2cc(S(=O)(=O)NC3(C#N)CC3)cc3c2cnn3-c2nnc(C(F)F)s2)CC1. The molecule has 220 valence electrons. The largest absolute Gasteiger partial charge is 0.406 e. The first-order chi connectivity index (χ1) is 19.2. The Bertz CT molecular complexity index is 1620. The van der Waals surface area contributed by atoms with Crippen molar-refractivity contribution in [1.82, 2.24) is 34.5 Å². The molecule has 2 fully saturated rings. The lowest BCUT2D eigenvalue weighted by Gasteiger charge is -2.38. The van der Waals surface area contributed by atoms with Crippen LogP contribution >= 0.6 is 11.3 Å². The Kier molecular flexibility index (Phi) is 7.28. The van der Waals surface area contributed by atoms with Gasteiger partial charge in [-0.1, -0.05) is 11.3 Å². The third-order valence-electron chi connectivity index (χ3n) is 6.68. The molecule has 5 rings (SSSR count). The quantitative estimate of drug-likeness (QED) is 0.399. The molecule has 3 heterocycles. The predicted octanol–water partition coefficient (Wildman–Crippen LogP) is 2.89. The van der Waals surface area contributed by atoms with Gasteiger partial charge in [-0.15, -0.1) is 10.2 Å². The minimum atomic E-state index is -4.55. The van der Waals surface area contributed by atoms with Crippen LogP contribution in [-0.4, -0.2) is 95.7 Å². The number of hydrogen-bond donors (Lipinski definition) is 1. The Morgan fingerprint density at radius 1 is 1.22 bits per heavy atom. The summed E-state index contributed by atoms with van der Waals surface area (Å²) in [6.07, 6.45) is -5.32. The number of aromatic nitrogens is 4. The lowest BCUT2D eigenvalue weighted by Crippen LogP contribution is -2.53. The number of rotatable bonds is 7. The molecule has 19 heteroatoms. The van der Waals surface area contributed by atoms with Crippen molar-refractivity contribution < 1.29 is 35.2 Å².